The minimum atomic E-state index is -0.790. The third kappa shape index (κ3) is 2.71. The Morgan fingerprint density at radius 1 is 1.37 bits per heavy atom. The van der Waals surface area contributed by atoms with E-state index in [9.17, 15) is 9.18 Å². The minimum Gasteiger partial charge on any atom is -0.476 e. The van der Waals surface area contributed by atoms with E-state index in [4.69, 9.17) is 16.3 Å². The highest BCUT2D eigenvalue weighted by Crippen LogP contribution is 2.23. The summed E-state index contributed by atoms with van der Waals surface area (Å²) in [4.78, 5) is 19.7. The van der Waals surface area contributed by atoms with Crippen LogP contribution in [0.2, 0.25) is 5.02 Å². The number of nitrogens with zero attached hydrogens (tertiary/aromatic N) is 2. The van der Waals surface area contributed by atoms with Crippen LogP contribution in [0.15, 0.2) is 30.7 Å². The lowest BCUT2D eigenvalue weighted by atomic mass is 10.1. The Morgan fingerprint density at radius 3 is 2.79 bits per heavy atom. The summed E-state index contributed by atoms with van der Waals surface area (Å²) in [5.74, 6) is -1.52. The van der Waals surface area contributed by atoms with E-state index in [-0.39, 0.29) is 28.6 Å². The van der Waals surface area contributed by atoms with Crippen LogP contribution in [0.5, 0.6) is 5.88 Å². The highest BCUT2D eigenvalue weighted by atomic mass is 35.5. The maximum Gasteiger partial charge on any atom is 0.251 e. The van der Waals surface area contributed by atoms with Gasteiger partial charge in [0.15, 0.2) is 11.6 Å². The SMILES string of the molecule is CCOc1nccc(C(=O)c2ccncc2Cl)c1F. The number of ketones is 1. The summed E-state index contributed by atoms with van der Waals surface area (Å²) in [5.41, 5.74) is 0.0516. The maximum atomic E-state index is 14.1. The molecule has 0 bridgehead atoms. The van der Waals surface area contributed by atoms with Gasteiger partial charge in [-0.15, -0.1) is 0 Å². The van der Waals surface area contributed by atoms with Gasteiger partial charge in [0.05, 0.1) is 17.2 Å². The van der Waals surface area contributed by atoms with Crippen LogP contribution in [0, 0.1) is 5.82 Å². The van der Waals surface area contributed by atoms with E-state index in [1.165, 1.54) is 30.7 Å². The van der Waals surface area contributed by atoms with Gasteiger partial charge in [0.25, 0.3) is 5.88 Å². The number of hydrogen-bond donors (Lipinski definition) is 0. The van der Waals surface area contributed by atoms with Crippen molar-refractivity contribution < 1.29 is 13.9 Å². The van der Waals surface area contributed by atoms with Crippen LogP contribution < -0.4 is 4.74 Å². The van der Waals surface area contributed by atoms with Crippen molar-refractivity contribution in [2.45, 2.75) is 6.92 Å². The molecular weight excluding hydrogens is 271 g/mol. The van der Waals surface area contributed by atoms with Crippen LogP contribution in [0.4, 0.5) is 4.39 Å². The van der Waals surface area contributed by atoms with Gasteiger partial charge < -0.3 is 4.74 Å². The third-order valence-electron chi connectivity index (χ3n) is 2.40. The Balaban J connectivity index is 2.45. The van der Waals surface area contributed by atoms with Gasteiger partial charge in [0, 0.05) is 24.2 Å². The normalized spacial score (nSPS) is 10.3. The highest BCUT2D eigenvalue weighted by molar-refractivity contribution is 6.34. The van der Waals surface area contributed by atoms with Crippen LogP contribution in [-0.2, 0) is 0 Å². The van der Waals surface area contributed by atoms with E-state index in [0.29, 0.717) is 0 Å². The first kappa shape index (κ1) is 13.4. The molecular formula is C13H10ClFN2O2. The number of aromatic nitrogens is 2. The molecule has 2 heterocycles. The number of carbonyl (C=O) groups excluding carboxylic acids is 1. The van der Waals surface area contributed by atoms with Gasteiger partial charge in [0.2, 0.25) is 0 Å². The van der Waals surface area contributed by atoms with Gasteiger partial charge in [-0.05, 0) is 19.1 Å². The molecule has 2 aromatic rings. The number of rotatable bonds is 4. The summed E-state index contributed by atoms with van der Waals surface area (Å²) in [6.07, 6.45) is 4.06. The highest BCUT2D eigenvalue weighted by Gasteiger charge is 2.20. The average Bonchev–Trinajstić information content (AvgIpc) is 2.41. The molecule has 19 heavy (non-hydrogen) atoms. The number of ether oxygens (including phenoxy) is 1. The van der Waals surface area contributed by atoms with E-state index in [1.807, 2.05) is 0 Å². The van der Waals surface area contributed by atoms with Gasteiger partial charge in [-0.1, -0.05) is 11.6 Å². The first-order valence-electron chi connectivity index (χ1n) is 5.56. The maximum absolute atomic E-state index is 14.1. The summed E-state index contributed by atoms with van der Waals surface area (Å²) in [5, 5.41) is 0.168. The average molecular weight is 281 g/mol. The van der Waals surface area contributed by atoms with Crippen LogP contribution >= 0.6 is 11.6 Å². The van der Waals surface area contributed by atoms with Crippen LogP contribution in [0.1, 0.15) is 22.8 Å². The molecule has 2 aromatic heterocycles. The fraction of sp³-hybridized carbons (Fsp3) is 0.154. The van der Waals surface area contributed by atoms with E-state index in [0.717, 1.165) is 0 Å². The quantitative estimate of drug-likeness (QED) is 0.808. The Hall–Kier alpha value is -2.01. The molecule has 0 saturated carbocycles. The van der Waals surface area contributed by atoms with Gasteiger partial charge >= 0.3 is 0 Å². The van der Waals surface area contributed by atoms with E-state index in [1.54, 1.807) is 6.92 Å². The van der Waals surface area contributed by atoms with E-state index >= 15 is 0 Å². The Kier molecular flexibility index (Phi) is 4.06. The Bertz CT molecular complexity index is 619. The monoisotopic (exact) mass is 280 g/mol. The van der Waals surface area contributed by atoms with Crippen molar-refractivity contribution in [2.75, 3.05) is 6.61 Å². The predicted molar refractivity (Wildman–Crippen MR) is 68.0 cm³/mol. The van der Waals surface area contributed by atoms with Crippen molar-refractivity contribution in [3.8, 4) is 5.88 Å². The summed E-state index contributed by atoms with van der Waals surface area (Å²) >= 11 is 5.87. The molecule has 0 spiro atoms. The summed E-state index contributed by atoms with van der Waals surface area (Å²) in [6, 6.07) is 2.72. The molecule has 0 aliphatic heterocycles. The molecule has 98 valence electrons. The predicted octanol–water partition coefficient (Wildman–Crippen LogP) is 2.90. The van der Waals surface area contributed by atoms with Gasteiger partial charge in [-0.25, -0.2) is 9.37 Å². The summed E-state index contributed by atoms with van der Waals surface area (Å²) in [7, 11) is 0. The topological polar surface area (TPSA) is 52.1 Å². The van der Waals surface area contributed by atoms with Crippen molar-refractivity contribution in [3.05, 3.63) is 52.7 Å². The zero-order chi connectivity index (χ0) is 13.8. The molecule has 0 aliphatic rings. The second kappa shape index (κ2) is 5.75. The molecule has 2 rings (SSSR count). The number of pyridine rings is 2. The Labute approximate surface area is 114 Å². The molecule has 0 radical (unpaired) electrons. The Morgan fingerprint density at radius 2 is 2.11 bits per heavy atom. The number of halogens is 2. The standard InChI is InChI=1S/C13H10ClFN2O2/c1-2-19-13-11(15)9(4-6-17-13)12(18)8-3-5-16-7-10(8)14/h3-7H,2H2,1H3. The van der Waals surface area contributed by atoms with Crippen LogP contribution in [0.3, 0.4) is 0 Å². The second-order valence-corrected chi connectivity index (χ2v) is 4.00. The van der Waals surface area contributed by atoms with Crippen molar-refractivity contribution in [2.24, 2.45) is 0 Å². The van der Waals surface area contributed by atoms with Crippen LogP contribution in [-0.4, -0.2) is 22.4 Å². The molecule has 0 aromatic carbocycles. The van der Waals surface area contributed by atoms with Crippen LogP contribution in [0.25, 0.3) is 0 Å². The lowest BCUT2D eigenvalue weighted by Crippen LogP contribution is -2.08. The molecule has 0 aliphatic carbocycles. The largest absolute Gasteiger partial charge is 0.476 e. The van der Waals surface area contributed by atoms with Crippen molar-refractivity contribution in [3.63, 3.8) is 0 Å². The molecule has 4 nitrogen and oxygen atoms in total. The minimum absolute atomic E-state index is 0.133. The van der Waals surface area contributed by atoms with Crippen molar-refractivity contribution in [1.82, 2.24) is 9.97 Å². The molecule has 0 amide bonds. The van der Waals surface area contributed by atoms with Crippen molar-refractivity contribution >= 4 is 17.4 Å². The van der Waals surface area contributed by atoms with E-state index < -0.39 is 11.6 Å². The van der Waals surface area contributed by atoms with Gasteiger partial charge in [-0.3, -0.25) is 9.78 Å². The fourth-order valence-electron chi connectivity index (χ4n) is 1.54. The van der Waals surface area contributed by atoms with Gasteiger partial charge in [-0.2, -0.15) is 0 Å². The molecule has 0 unspecified atom stereocenters. The molecule has 0 atom stereocenters. The number of carbonyl (C=O) groups is 1. The summed E-state index contributed by atoms with van der Waals surface area (Å²) in [6.45, 7) is 1.97. The van der Waals surface area contributed by atoms with E-state index in [2.05, 4.69) is 9.97 Å². The molecule has 0 N–H and O–H groups in total. The lowest BCUT2D eigenvalue weighted by Gasteiger charge is -2.07. The smallest absolute Gasteiger partial charge is 0.251 e. The first-order chi connectivity index (χ1) is 9.15. The summed E-state index contributed by atoms with van der Waals surface area (Å²) < 4.78 is 19.1. The lowest BCUT2D eigenvalue weighted by molar-refractivity contribution is 0.103. The number of hydrogen-bond acceptors (Lipinski definition) is 4. The molecule has 0 fully saturated rings. The third-order valence-corrected chi connectivity index (χ3v) is 2.70. The van der Waals surface area contributed by atoms with Crippen molar-refractivity contribution in [1.29, 1.82) is 0 Å². The fourth-order valence-corrected chi connectivity index (χ4v) is 1.75. The molecule has 0 saturated heterocycles. The zero-order valence-corrected chi connectivity index (χ0v) is 10.8. The second-order valence-electron chi connectivity index (χ2n) is 3.60. The first-order valence-corrected chi connectivity index (χ1v) is 5.94. The zero-order valence-electron chi connectivity index (χ0n) is 10.1. The van der Waals surface area contributed by atoms with Gasteiger partial charge in [0.1, 0.15) is 0 Å². The molecule has 6 heteroatoms.